The third kappa shape index (κ3) is 2.28. The first-order valence-electron chi connectivity index (χ1n) is 7.27. The van der Waals surface area contributed by atoms with Gasteiger partial charge in [-0.15, -0.1) is 0 Å². The summed E-state index contributed by atoms with van der Waals surface area (Å²) in [5, 5.41) is 9.55. The summed E-state index contributed by atoms with van der Waals surface area (Å²) < 4.78 is 16.2. The van der Waals surface area contributed by atoms with Crippen LogP contribution in [0.1, 0.15) is 34.8 Å². The third-order valence-electron chi connectivity index (χ3n) is 4.19. The molecule has 1 amide bonds. The first kappa shape index (κ1) is 14.7. The Kier molecular flexibility index (Phi) is 3.90. The summed E-state index contributed by atoms with van der Waals surface area (Å²) in [6.07, 6.45) is 1.91. The lowest BCUT2D eigenvalue weighted by molar-refractivity contribution is 0.0511. The Bertz CT molecular complexity index is 632. The van der Waals surface area contributed by atoms with Gasteiger partial charge in [-0.05, 0) is 18.9 Å². The number of benzene rings is 1. The van der Waals surface area contributed by atoms with E-state index in [0.717, 1.165) is 12.8 Å². The van der Waals surface area contributed by atoms with Gasteiger partial charge in [-0.25, -0.2) is 0 Å². The Hall–Kier alpha value is -2.26. The topological polar surface area (TPSA) is 71.8 Å². The Labute approximate surface area is 129 Å². The van der Waals surface area contributed by atoms with Crippen molar-refractivity contribution < 1.29 is 19.0 Å². The van der Waals surface area contributed by atoms with Gasteiger partial charge in [-0.2, -0.15) is 5.26 Å². The molecule has 0 radical (unpaired) electrons. The van der Waals surface area contributed by atoms with Gasteiger partial charge < -0.3 is 19.1 Å². The molecule has 6 heteroatoms. The van der Waals surface area contributed by atoms with Gasteiger partial charge in [0.25, 0.3) is 5.91 Å². The minimum Gasteiger partial charge on any atom is -0.497 e. The number of amides is 1. The average Bonchev–Trinajstić information content (AvgIpc) is 3.14. The van der Waals surface area contributed by atoms with Gasteiger partial charge in [0.15, 0.2) is 0 Å². The van der Waals surface area contributed by atoms with Crippen LogP contribution in [0.3, 0.4) is 0 Å². The molecule has 0 saturated carbocycles. The molecule has 22 heavy (non-hydrogen) atoms. The van der Waals surface area contributed by atoms with E-state index in [1.807, 2.05) is 0 Å². The highest BCUT2D eigenvalue weighted by Gasteiger charge is 2.41. The molecule has 0 spiro atoms. The molecular formula is C16H18N2O4. The molecular weight excluding hydrogens is 284 g/mol. The number of nitrogens with zero attached hydrogens (tertiary/aromatic N) is 2. The molecule has 0 aliphatic carbocycles. The van der Waals surface area contributed by atoms with E-state index in [1.54, 1.807) is 17.0 Å². The number of nitriles is 1. The standard InChI is InChI=1S/C16H18N2O4/c1-20-11-6-12-15(14(7-11)21-2)13(8-17)18(16(12)19)9-10-4-3-5-22-10/h6-7,10,13H,3-5,9H2,1-2H3. The number of carbonyl (C=O) groups is 1. The fourth-order valence-electron chi connectivity index (χ4n) is 3.11. The Balaban J connectivity index is 1.99. The van der Waals surface area contributed by atoms with Crippen LogP contribution in [0.15, 0.2) is 12.1 Å². The molecule has 2 unspecified atom stereocenters. The minimum absolute atomic E-state index is 0.00185. The fourth-order valence-corrected chi connectivity index (χ4v) is 3.11. The number of fused-ring (bicyclic) bond motifs is 1. The number of methoxy groups -OCH3 is 2. The SMILES string of the molecule is COc1cc(OC)c2c(c1)C(=O)N(CC1CCCO1)C2C#N. The van der Waals surface area contributed by atoms with Gasteiger partial charge in [0, 0.05) is 24.8 Å². The Morgan fingerprint density at radius 2 is 2.23 bits per heavy atom. The predicted octanol–water partition coefficient (Wildman–Crippen LogP) is 1.90. The van der Waals surface area contributed by atoms with Gasteiger partial charge >= 0.3 is 0 Å². The van der Waals surface area contributed by atoms with Crippen molar-refractivity contribution >= 4 is 5.91 Å². The minimum atomic E-state index is -0.646. The largest absolute Gasteiger partial charge is 0.497 e. The zero-order valence-electron chi connectivity index (χ0n) is 12.7. The maximum Gasteiger partial charge on any atom is 0.255 e. The Morgan fingerprint density at radius 3 is 2.82 bits per heavy atom. The molecule has 1 fully saturated rings. The monoisotopic (exact) mass is 302 g/mol. The molecule has 2 heterocycles. The number of hydrogen-bond donors (Lipinski definition) is 0. The van der Waals surface area contributed by atoms with Crippen molar-refractivity contribution in [3.05, 3.63) is 23.3 Å². The van der Waals surface area contributed by atoms with Crippen molar-refractivity contribution in [2.75, 3.05) is 27.4 Å². The van der Waals surface area contributed by atoms with E-state index < -0.39 is 6.04 Å². The first-order chi connectivity index (χ1) is 10.7. The maximum atomic E-state index is 12.7. The van der Waals surface area contributed by atoms with E-state index in [1.165, 1.54) is 14.2 Å². The molecule has 2 aliphatic heterocycles. The molecule has 1 aromatic rings. The summed E-state index contributed by atoms with van der Waals surface area (Å²) in [5.41, 5.74) is 1.09. The second-order valence-corrected chi connectivity index (χ2v) is 5.42. The summed E-state index contributed by atoms with van der Waals surface area (Å²) >= 11 is 0. The summed E-state index contributed by atoms with van der Waals surface area (Å²) in [4.78, 5) is 14.3. The zero-order valence-corrected chi connectivity index (χ0v) is 12.7. The van der Waals surface area contributed by atoms with Gasteiger partial charge in [-0.3, -0.25) is 4.79 Å². The van der Waals surface area contributed by atoms with Crippen LogP contribution in [-0.4, -0.2) is 44.3 Å². The number of rotatable bonds is 4. The normalized spacial score (nSPS) is 23.3. The highest BCUT2D eigenvalue weighted by atomic mass is 16.5. The number of carbonyl (C=O) groups excluding carboxylic acids is 1. The van der Waals surface area contributed by atoms with Crippen molar-refractivity contribution in [2.45, 2.75) is 25.0 Å². The molecule has 0 aromatic heterocycles. The van der Waals surface area contributed by atoms with Crippen molar-refractivity contribution in [3.63, 3.8) is 0 Å². The molecule has 6 nitrogen and oxygen atoms in total. The van der Waals surface area contributed by atoms with Crippen LogP contribution in [0, 0.1) is 11.3 Å². The van der Waals surface area contributed by atoms with Gasteiger partial charge in [0.2, 0.25) is 0 Å². The van der Waals surface area contributed by atoms with E-state index in [-0.39, 0.29) is 12.0 Å². The molecule has 0 N–H and O–H groups in total. The molecule has 1 saturated heterocycles. The predicted molar refractivity (Wildman–Crippen MR) is 77.9 cm³/mol. The number of hydrogen-bond acceptors (Lipinski definition) is 5. The molecule has 2 aliphatic rings. The average molecular weight is 302 g/mol. The van der Waals surface area contributed by atoms with Crippen LogP contribution in [0.5, 0.6) is 11.5 Å². The van der Waals surface area contributed by atoms with Gasteiger partial charge in [0.1, 0.15) is 17.5 Å². The molecule has 0 bridgehead atoms. The fraction of sp³-hybridized carbons (Fsp3) is 0.500. The van der Waals surface area contributed by atoms with Crippen molar-refractivity contribution in [2.24, 2.45) is 0 Å². The molecule has 116 valence electrons. The van der Waals surface area contributed by atoms with Gasteiger partial charge in [0.05, 0.1) is 32.0 Å². The van der Waals surface area contributed by atoms with Gasteiger partial charge in [-0.1, -0.05) is 0 Å². The van der Waals surface area contributed by atoms with Crippen molar-refractivity contribution in [3.8, 4) is 17.6 Å². The highest BCUT2D eigenvalue weighted by molar-refractivity contribution is 6.01. The van der Waals surface area contributed by atoms with Crippen LogP contribution < -0.4 is 9.47 Å². The number of ether oxygens (including phenoxy) is 3. The van der Waals surface area contributed by atoms with E-state index >= 15 is 0 Å². The Morgan fingerprint density at radius 1 is 1.41 bits per heavy atom. The van der Waals surface area contributed by atoms with Crippen LogP contribution in [0.2, 0.25) is 0 Å². The molecule has 2 atom stereocenters. The third-order valence-corrected chi connectivity index (χ3v) is 4.19. The van der Waals surface area contributed by atoms with Crippen molar-refractivity contribution in [1.29, 1.82) is 5.26 Å². The van der Waals surface area contributed by atoms with Crippen LogP contribution in [-0.2, 0) is 4.74 Å². The summed E-state index contributed by atoms with van der Waals surface area (Å²) in [5.74, 6) is 0.873. The molecule has 3 rings (SSSR count). The lowest BCUT2D eigenvalue weighted by atomic mass is 10.0. The second kappa shape index (κ2) is 5.85. The van der Waals surface area contributed by atoms with E-state index in [9.17, 15) is 10.1 Å². The lowest BCUT2D eigenvalue weighted by Gasteiger charge is -2.23. The van der Waals surface area contributed by atoms with Crippen LogP contribution in [0.4, 0.5) is 0 Å². The van der Waals surface area contributed by atoms with E-state index in [0.29, 0.717) is 35.8 Å². The van der Waals surface area contributed by atoms with E-state index in [4.69, 9.17) is 14.2 Å². The van der Waals surface area contributed by atoms with E-state index in [2.05, 4.69) is 6.07 Å². The first-order valence-corrected chi connectivity index (χ1v) is 7.27. The molecule has 1 aromatic carbocycles. The maximum absolute atomic E-state index is 12.7. The summed E-state index contributed by atoms with van der Waals surface area (Å²) in [6, 6.07) is 4.94. The lowest BCUT2D eigenvalue weighted by Crippen LogP contribution is -2.34. The smallest absolute Gasteiger partial charge is 0.255 e. The summed E-state index contributed by atoms with van der Waals surface area (Å²) in [6.45, 7) is 1.14. The second-order valence-electron chi connectivity index (χ2n) is 5.42. The zero-order chi connectivity index (χ0) is 15.7. The highest BCUT2D eigenvalue weighted by Crippen LogP contribution is 2.42. The van der Waals surface area contributed by atoms with Crippen molar-refractivity contribution in [1.82, 2.24) is 4.90 Å². The summed E-state index contributed by atoms with van der Waals surface area (Å²) in [7, 11) is 3.06. The van der Waals surface area contributed by atoms with Crippen LogP contribution in [0.25, 0.3) is 0 Å². The quantitative estimate of drug-likeness (QED) is 0.849. The van der Waals surface area contributed by atoms with Crippen LogP contribution >= 0.6 is 0 Å².